The average molecular weight is 261 g/mol. The number of ether oxygens (including phenoxy) is 1. The molecule has 0 aliphatic heterocycles. The number of methoxy groups -OCH3 is 1. The summed E-state index contributed by atoms with van der Waals surface area (Å²) >= 11 is 1.52. The van der Waals surface area contributed by atoms with E-state index in [-0.39, 0.29) is 0 Å². The van der Waals surface area contributed by atoms with E-state index in [1.54, 1.807) is 20.2 Å². The van der Waals surface area contributed by atoms with Crippen molar-refractivity contribution in [1.82, 2.24) is 4.98 Å². The maximum atomic E-state index is 9.88. The van der Waals surface area contributed by atoms with Crippen LogP contribution < -0.4 is 4.74 Å². The molecule has 0 aliphatic rings. The van der Waals surface area contributed by atoms with Gasteiger partial charge in [0.1, 0.15) is 10.8 Å². The van der Waals surface area contributed by atoms with Gasteiger partial charge in [-0.2, -0.15) is 0 Å². The number of hydrogen-bond donors (Lipinski definition) is 1. The van der Waals surface area contributed by atoms with Crippen molar-refractivity contribution in [2.75, 3.05) is 7.11 Å². The SMILES string of the molecule is COc1cccc(Sc2ccccn2)c1[C@@H](C)O. The zero-order chi connectivity index (χ0) is 13.0. The van der Waals surface area contributed by atoms with Gasteiger partial charge in [-0.15, -0.1) is 0 Å². The number of benzene rings is 1. The van der Waals surface area contributed by atoms with Crippen LogP contribution in [-0.4, -0.2) is 17.2 Å². The Morgan fingerprint density at radius 1 is 1.22 bits per heavy atom. The molecule has 1 heterocycles. The molecule has 18 heavy (non-hydrogen) atoms. The van der Waals surface area contributed by atoms with Crippen LogP contribution >= 0.6 is 11.8 Å². The Bertz CT molecular complexity index is 514. The van der Waals surface area contributed by atoms with E-state index in [0.717, 1.165) is 15.5 Å². The van der Waals surface area contributed by atoms with E-state index in [9.17, 15) is 5.11 Å². The predicted octanol–water partition coefficient (Wildman–Crippen LogP) is 3.29. The number of aliphatic hydroxyl groups excluding tert-OH is 1. The van der Waals surface area contributed by atoms with E-state index in [4.69, 9.17) is 4.74 Å². The number of aromatic nitrogens is 1. The van der Waals surface area contributed by atoms with Gasteiger partial charge in [0.15, 0.2) is 0 Å². The van der Waals surface area contributed by atoms with Gasteiger partial charge in [0.25, 0.3) is 0 Å². The molecule has 0 radical (unpaired) electrons. The standard InChI is InChI=1S/C14H15NO2S/c1-10(16)14-11(17-2)6-5-7-12(14)18-13-8-3-4-9-15-13/h3-10,16H,1-2H3/t10-/m1/s1. The molecule has 1 aromatic heterocycles. The number of nitrogens with zero attached hydrogens (tertiary/aromatic N) is 1. The van der Waals surface area contributed by atoms with E-state index in [1.807, 2.05) is 36.4 Å². The van der Waals surface area contributed by atoms with Crippen molar-refractivity contribution in [2.24, 2.45) is 0 Å². The maximum absolute atomic E-state index is 9.88. The second-order valence-corrected chi connectivity index (χ2v) is 4.88. The Morgan fingerprint density at radius 3 is 2.67 bits per heavy atom. The van der Waals surface area contributed by atoms with Crippen LogP contribution in [0.25, 0.3) is 0 Å². The lowest BCUT2D eigenvalue weighted by Gasteiger charge is -2.15. The van der Waals surface area contributed by atoms with Gasteiger partial charge in [-0.25, -0.2) is 4.98 Å². The summed E-state index contributed by atoms with van der Waals surface area (Å²) in [6, 6.07) is 11.5. The van der Waals surface area contributed by atoms with Gasteiger partial charge < -0.3 is 9.84 Å². The molecule has 4 heteroatoms. The molecule has 0 bridgehead atoms. The summed E-state index contributed by atoms with van der Waals surface area (Å²) < 4.78 is 5.29. The zero-order valence-corrected chi connectivity index (χ0v) is 11.1. The lowest BCUT2D eigenvalue weighted by molar-refractivity contribution is 0.191. The minimum Gasteiger partial charge on any atom is -0.496 e. The van der Waals surface area contributed by atoms with Gasteiger partial charge in [0.05, 0.1) is 13.2 Å². The van der Waals surface area contributed by atoms with Gasteiger partial charge in [-0.05, 0) is 31.2 Å². The Morgan fingerprint density at radius 2 is 2.06 bits per heavy atom. The van der Waals surface area contributed by atoms with Gasteiger partial charge in [0, 0.05) is 16.7 Å². The van der Waals surface area contributed by atoms with E-state index >= 15 is 0 Å². The van der Waals surface area contributed by atoms with Crippen molar-refractivity contribution in [2.45, 2.75) is 22.9 Å². The molecule has 1 atom stereocenters. The minimum absolute atomic E-state index is 0.577. The highest BCUT2D eigenvalue weighted by atomic mass is 32.2. The Hall–Kier alpha value is -1.52. The first-order valence-electron chi connectivity index (χ1n) is 5.66. The highest BCUT2D eigenvalue weighted by Crippen LogP contribution is 2.37. The molecule has 3 nitrogen and oxygen atoms in total. The van der Waals surface area contributed by atoms with Crippen molar-refractivity contribution in [3.63, 3.8) is 0 Å². The molecule has 1 N–H and O–H groups in total. The van der Waals surface area contributed by atoms with E-state index in [0.29, 0.717) is 5.75 Å². The monoisotopic (exact) mass is 261 g/mol. The van der Waals surface area contributed by atoms with Crippen LogP contribution in [0.3, 0.4) is 0 Å². The van der Waals surface area contributed by atoms with Crippen LogP contribution in [0.2, 0.25) is 0 Å². The fourth-order valence-corrected chi connectivity index (χ4v) is 2.74. The summed E-state index contributed by atoms with van der Waals surface area (Å²) in [5.41, 5.74) is 0.802. The summed E-state index contributed by atoms with van der Waals surface area (Å²) in [6.45, 7) is 1.74. The third-order valence-corrected chi connectivity index (χ3v) is 3.54. The van der Waals surface area contributed by atoms with Gasteiger partial charge in [-0.3, -0.25) is 0 Å². The van der Waals surface area contributed by atoms with Crippen LogP contribution in [0, 0.1) is 0 Å². The summed E-state index contributed by atoms with van der Waals surface area (Å²) in [7, 11) is 1.61. The topological polar surface area (TPSA) is 42.4 Å². The molecule has 0 saturated carbocycles. The minimum atomic E-state index is -0.577. The molecule has 2 aromatic rings. The Balaban J connectivity index is 2.38. The molecule has 1 aromatic carbocycles. The molecule has 0 amide bonds. The Labute approximate surface area is 111 Å². The first kappa shape index (κ1) is 12.9. The van der Waals surface area contributed by atoms with Crippen LogP contribution in [-0.2, 0) is 0 Å². The first-order chi connectivity index (χ1) is 8.72. The molecule has 2 rings (SSSR count). The molecule has 0 aliphatic carbocycles. The molecular formula is C14H15NO2S. The van der Waals surface area contributed by atoms with E-state index in [1.165, 1.54) is 11.8 Å². The third kappa shape index (κ3) is 2.83. The molecule has 94 valence electrons. The average Bonchev–Trinajstić information content (AvgIpc) is 2.39. The van der Waals surface area contributed by atoms with Gasteiger partial charge in [0.2, 0.25) is 0 Å². The summed E-state index contributed by atoms with van der Waals surface area (Å²) in [4.78, 5) is 5.23. The maximum Gasteiger partial charge on any atom is 0.125 e. The van der Waals surface area contributed by atoms with Crippen LogP contribution in [0.4, 0.5) is 0 Å². The highest BCUT2D eigenvalue weighted by molar-refractivity contribution is 7.99. The molecule has 0 saturated heterocycles. The smallest absolute Gasteiger partial charge is 0.125 e. The molecule has 0 spiro atoms. The van der Waals surface area contributed by atoms with Crippen molar-refractivity contribution >= 4 is 11.8 Å². The van der Waals surface area contributed by atoms with Crippen LogP contribution in [0.15, 0.2) is 52.5 Å². The van der Waals surface area contributed by atoms with Crippen molar-refractivity contribution in [1.29, 1.82) is 0 Å². The van der Waals surface area contributed by atoms with Crippen LogP contribution in [0.1, 0.15) is 18.6 Å². The second kappa shape index (κ2) is 5.89. The largest absolute Gasteiger partial charge is 0.496 e. The first-order valence-corrected chi connectivity index (χ1v) is 6.48. The van der Waals surface area contributed by atoms with E-state index < -0.39 is 6.10 Å². The lowest BCUT2D eigenvalue weighted by atomic mass is 10.1. The summed E-state index contributed by atoms with van der Waals surface area (Å²) in [5, 5.41) is 10.8. The summed E-state index contributed by atoms with van der Waals surface area (Å²) in [5.74, 6) is 0.700. The predicted molar refractivity (Wildman–Crippen MR) is 72.0 cm³/mol. The Kier molecular flexibility index (Phi) is 4.23. The van der Waals surface area contributed by atoms with Crippen molar-refractivity contribution in [3.05, 3.63) is 48.2 Å². The second-order valence-electron chi connectivity index (χ2n) is 3.82. The molecular weight excluding hydrogens is 246 g/mol. The zero-order valence-electron chi connectivity index (χ0n) is 10.3. The number of pyridine rings is 1. The number of hydrogen-bond acceptors (Lipinski definition) is 4. The van der Waals surface area contributed by atoms with Crippen LogP contribution in [0.5, 0.6) is 5.75 Å². The van der Waals surface area contributed by atoms with Gasteiger partial charge >= 0.3 is 0 Å². The quantitative estimate of drug-likeness (QED) is 0.917. The third-order valence-electron chi connectivity index (χ3n) is 2.52. The molecule has 0 fully saturated rings. The fourth-order valence-electron chi connectivity index (χ4n) is 1.72. The van der Waals surface area contributed by atoms with Crippen molar-refractivity contribution < 1.29 is 9.84 Å². The summed E-state index contributed by atoms with van der Waals surface area (Å²) in [6.07, 6.45) is 1.18. The normalized spacial score (nSPS) is 12.2. The van der Waals surface area contributed by atoms with E-state index in [2.05, 4.69) is 4.98 Å². The molecule has 0 unspecified atom stereocenters. The highest BCUT2D eigenvalue weighted by Gasteiger charge is 2.15. The van der Waals surface area contributed by atoms with Gasteiger partial charge in [-0.1, -0.05) is 23.9 Å². The number of rotatable bonds is 4. The fraction of sp³-hybridized carbons (Fsp3) is 0.214. The van der Waals surface area contributed by atoms with Crippen molar-refractivity contribution in [3.8, 4) is 5.75 Å². The lowest BCUT2D eigenvalue weighted by Crippen LogP contribution is -1.98. The number of aliphatic hydroxyl groups is 1.